The van der Waals surface area contributed by atoms with Crippen molar-refractivity contribution in [1.82, 2.24) is 14.8 Å². The number of thioether (sulfide) groups is 1. The van der Waals surface area contributed by atoms with Crippen LogP contribution in [0.5, 0.6) is 5.75 Å². The summed E-state index contributed by atoms with van der Waals surface area (Å²) in [6, 6.07) is 7.44. The molecule has 0 saturated carbocycles. The van der Waals surface area contributed by atoms with Gasteiger partial charge >= 0.3 is 5.97 Å². The fourth-order valence-corrected chi connectivity index (χ4v) is 4.01. The third-order valence-corrected chi connectivity index (χ3v) is 5.97. The van der Waals surface area contributed by atoms with Gasteiger partial charge in [0.05, 0.1) is 18.8 Å². The van der Waals surface area contributed by atoms with Gasteiger partial charge < -0.3 is 14.8 Å². The average Bonchev–Trinajstić information content (AvgIpc) is 3.14. The van der Waals surface area contributed by atoms with Gasteiger partial charge in [-0.15, -0.1) is 5.10 Å². The van der Waals surface area contributed by atoms with E-state index in [1.165, 1.54) is 0 Å². The zero-order valence-electron chi connectivity index (χ0n) is 19.0. The second-order valence-electron chi connectivity index (χ2n) is 7.90. The number of benzene rings is 1. The van der Waals surface area contributed by atoms with Crippen molar-refractivity contribution in [3.8, 4) is 5.75 Å². The molecule has 0 aliphatic carbocycles. The Hall–Kier alpha value is -2.48. The smallest absolute Gasteiger partial charge is 0.338 e. The molecule has 0 amide bonds. The molecule has 7 nitrogen and oxygen atoms in total. The molecular weight excluding hydrogens is 412 g/mol. The Bertz CT molecular complexity index is 921. The van der Waals surface area contributed by atoms with Crippen LogP contribution in [0.25, 0.3) is 0 Å². The van der Waals surface area contributed by atoms with Crippen LogP contribution in [0, 0.1) is 5.92 Å². The largest absolute Gasteiger partial charge is 0.494 e. The lowest BCUT2D eigenvalue weighted by molar-refractivity contribution is -0.139. The van der Waals surface area contributed by atoms with Crippen molar-refractivity contribution in [3.63, 3.8) is 0 Å². The molecule has 8 heteroatoms. The number of carbonyl (C=O) groups excluding carboxylic acids is 1. The Morgan fingerprint density at radius 1 is 1.26 bits per heavy atom. The third kappa shape index (κ3) is 5.61. The van der Waals surface area contributed by atoms with Crippen molar-refractivity contribution in [2.75, 3.05) is 24.3 Å². The predicted molar refractivity (Wildman–Crippen MR) is 124 cm³/mol. The first kappa shape index (κ1) is 23.2. The summed E-state index contributed by atoms with van der Waals surface area (Å²) in [6.45, 7) is 11.2. The maximum absolute atomic E-state index is 12.8. The quantitative estimate of drug-likeness (QED) is 0.405. The number of esters is 1. The third-order valence-electron chi connectivity index (χ3n) is 4.92. The van der Waals surface area contributed by atoms with Gasteiger partial charge in [0.2, 0.25) is 11.1 Å². The van der Waals surface area contributed by atoms with Crippen LogP contribution in [0.4, 0.5) is 5.95 Å². The first-order valence-electron chi connectivity index (χ1n) is 10.9. The number of allylic oxidation sites excluding steroid dienone is 1. The molecule has 1 aliphatic rings. The van der Waals surface area contributed by atoms with E-state index in [9.17, 15) is 4.79 Å². The van der Waals surface area contributed by atoms with E-state index in [0.29, 0.717) is 35.8 Å². The summed E-state index contributed by atoms with van der Waals surface area (Å²) in [6.07, 6.45) is 2.04. The molecule has 0 saturated heterocycles. The molecular formula is C23H32N4O3S. The van der Waals surface area contributed by atoms with E-state index in [2.05, 4.69) is 31.1 Å². The maximum Gasteiger partial charge on any atom is 0.338 e. The van der Waals surface area contributed by atoms with Gasteiger partial charge in [0.25, 0.3) is 0 Å². The summed E-state index contributed by atoms with van der Waals surface area (Å²) in [7, 11) is 0. The second-order valence-corrected chi connectivity index (χ2v) is 8.96. The second kappa shape index (κ2) is 10.7. The first-order valence-corrected chi connectivity index (χ1v) is 11.9. The van der Waals surface area contributed by atoms with E-state index >= 15 is 0 Å². The highest BCUT2D eigenvalue weighted by molar-refractivity contribution is 7.99. The number of carbonyl (C=O) groups is 1. The van der Waals surface area contributed by atoms with Gasteiger partial charge in [-0.25, -0.2) is 9.48 Å². The molecule has 1 aliphatic heterocycles. The number of nitrogens with zero attached hydrogens (tertiary/aromatic N) is 3. The zero-order chi connectivity index (χ0) is 22.4. The number of aromatic nitrogens is 3. The van der Waals surface area contributed by atoms with Crippen LogP contribution in [-0.4, -0.2) is 39.7 Å². The lowest BCUT2D eigenvalue weighted by Gasteiger charge is -2.28. The lowest BCUT2D eigenvalue weighted by atomic mass is 9.96. The monoisotopic (exact) mass is 444 g/mol. The molecule has 3 rings (SSSR count). The van der Waals surface area contributed by atoms with Crippen molar-refractivity contribution < 1.29 is 14.3 Å². The van der Waals surface area contributed by atoms with Crippen LogP contribution >= 0.6 is 11.8 Å². The minimum absolute atomic E-state index is 0.312. The average molecular weight is 445 g/mol. The predicted octanol–water partition coefficient (Wildman–Crippen LogP) is 5.06. The van der Waals surface area contributed by atoms with E-state index in [0.717, 1.165) is 35.6 Å². The number of nitrogens with one attached hydrogen (secondary N) is 1. The molecule has 2 aromatic rings. The van der Waals surface area contributed by atoms with Crippen LogP contribution < -0.4 is 10.1 Å². The molecule has 2 heterocycles. The summed E-state index contributed by atoms with van der Waals surface area (Å²) >= 11 is 1.61. The van der Waals surface area contributed by atoms with Crippen LogP contribution in [-0.2, 0) is 9.53 Å². The Labute approximate surface area is 188 Å². The summed E-state index contributed by atoms with van der Waals surface area (Å²) < 4.78 is 13.0. The number of hydrogen-bond acceptors (Lipinski definition) is 7. The topological polar surface area (TPSA) is 78.3 Å². The van der Waals surface area contributed by atoms with Gasteiger partial charge in [-0.1, -0.05) is 44.7 Å². The molecule has 0 fully saturated rings. The van der Waals surface area contributed by atoms with Crippen molar-refractivity contribution in [2.24, 2.45) is 5.92 Å². The van der Waals surface area contributed by atoms with E-state index in [1.807, 2.05) is 38.1 Å². The molecule has 0 bridgehead atoms. The maximum atomic E-state index is 12.8. The molecule has 1 N–H and O–H groups in total. The highest BCUT2D eigenvalue weighted by Gasteiger charge is 2.35. The van der Waals surface area contributed by atoms with Crippen LogP contribution in [0.1, 0.15) is 59.1 Å². The SMILES string of the molecule is CCCSc1nc2n(n1)C(c1ccc(OCCC(C)C)cc1)C(C(=O)OCC)=C(C)N2. The summed E-state index contributed by atoms with van der Waals surface area (Å²) in [5.74, 6) is 2.63. The Kier molecular flexibility index (Phi) is 8.01. The summed E-state index contributed by atoms with van der Waals surface area (Å²) in [5.41, 5.74) is 2.20. The highest BCUT2D eigenvalue weighted by atomic mass is 32.2. The molecule has 31 heavy (non-hydrogen) atoms. The number of anilines is 1. The fraction of sp³-hybridized carbons (Fsp3) is 0.522. The van der Waals surface area contributed by atoms with Crippen molar-refractivity contribution in [3.05, 3.63) is 41.1 Å². The molecule has 1 aromatic heterocycles. The van der Waals surface area contributed by atoms with Crippen molar-refractivity contribution in [1.29, 1.82) is 0 Å². The molecule has 0 spiro atoms. The molecule has 168 valence electrons. The highest BCUT2D eigenvalue weighted by Crippen LogP contribution is 2.37. The van der Waals surface area contributed by atoms with Crippen molar-refractivity contribution in [2.45, 2.75) is 58.7 Å². The molecule has 1 unspecified atom stereocenters. The first-order chi connectivity index (χ1) is 14.9. The van der Waals surface area contributed by atoms with Crippen LogP contribution in [0.2, 0.25) is 0 Å². The minimum Gasteiger partial charge on any atom is -0.494 e. The Morgan fingerprint density at radius 2 is 2.00 bits per heavy atom. The molecule has 1 aromatic carbocycles. The number of ether oxygens (including phenoxy) is 2. The van der Waals surface area contributed by atoms with Gasteiger partial charge in [0.15, 0.2) is 0 Å². The normalized spacial score (nSPS) is 15.6. The van der Waals surface area contributed by atoms with Gasteiger partial charge in [-0.3, -0.25) is 0 Å². The van der Waals surface area contributed by atoms with Crippen LogP contribution in [0.3, 0.4) is 0 Å². The summed E-state index contributed by atoms with van der Waals surface area (Å²) in [5, 5.41) is 8.62. The van der Waals surface area contributed by atoms with Crippen LogP contribution in [0.15, 0.2) is 40.7 Å². The fourth-order valence-electron chi connectivity index (χ4n) is 3.33. The molecule has 1 atom stereocenters. The minimum atomic E-state index is -0.413. The molecule has 0 radical (unpaired) electrons. The lowest BCUT2D eigenvalue weighted by Crippen LogP contribution is -2.29. The Morgan fingerprint density at radius 3 is 2.65 bits per heavy atom. The van der Waals surface area contributed by atoms with E-state index < -0.39 is 6.04 Å². The Balaban J connectivity index is 1.93. The van der Waals surface area contributed by atoms with Gasteiger partial charge in [-0.2, -0.15) is 4.98 Å². The van der Waals surface area contributed by atoms with Gasteiger partial charge in [0.1, 0.15) is 11.8 Å². The van der Waals surface area contributed by atoms with Gasteiger partial charge in [-0.05, 0) is 50.3 Å². The van der Waals surface area contributed by atoms with E-state index in [4.69, 9.17) is 14.6 Å². The number of rotatable bonds is 10. The zero-order valence-corrected chi connectivity index (χ0v) is 19.8. The van der Waals surface area contributed by atoms with Crippen molar-refractivity contribution >= 4 is 23.7 Å². The number of hydrogen-bond donors (Lipinski definition) is 1. The summed E-state index contributed by atoms with van der Waals surface area (Å²) in [4.78, 5) is 17.5. The standard InChI is InChI=1S/C23H32N4O3S/c1-6-14-31-23-25-22-24-16(5)19(21(28)29-7-2)20(27(22)26-23)17-8-10-18(11-9-17)30-13-12-15(3)4/h8-11,15,20H,6-7,12-14H2,1-5H3,(H,24,25,26). The van der Waals surface area contributed by atoms with E-state index in [1.54, 1.807) is 16.4 Å². The number of fused-ring (bicyclic) bond motifs is 1. The van der Waals surface area contributed by atoms with E-state index in [-0.39, 0.29) is 5.97 Å². The van der Waals surface area contributed by atoms with Gasteiger partial charge in [0, 0.05) is 11.4 Å².